The van der Waals surface area contributed by atoms with Gasteiger partial charge >= 0.3 is 12.0 Å². The molecular weight excluding hydrogens is 308 g/mol. The molecule has 0 spiro atoms. The first-order valence-corrected chi connectivity index (χ1v) is 7.27. The summed E-state index contributed by atoms with van der Waals surface area (Å²) in [5, 5.41) is 14.7. The molecule has 0 atom stereocenters. The molecule has 2 amide bonds. The van der Waals surface area contributed by atoms with Crippen LogP contribution in [0, 0.1) is 6.92 Å². The predicted molar refractivity (Wildman–Crippen MR) is 91.5 cm³/mol. The van der Waals surface area contributed by atoms with Gasteiger partial charge in [0.1, 0.15) is 0 Å². The van der Waals surface area contributed by atoms with Gasteiger partial charge in [-0.25, -0.2) is 14.6 Å². The highest BCUT2D eigenvalue weighted by Crippen LogP contribution is 2.23. The predicted octanol–water partition coefficient (Wildman–Crippen LogP) is 3.22. The normalized spacial score (nSPS) is 10.6. The first-order valence-electron chi connectivity index (χ1n) is 7.27. The molecule has 7 nitrogen and oxygen atoms in total. The fourth-order valence-corrected chi connectivity index (χ4v) is 2.46. The zero-order chi connectivity index (χ0) is 17.3. The van der Waals surface area contributed by atoms with Crippen molar-refractivity contribution < 1.29 is 14.7 Å². The monoisotopic (exact) mass is 324 g/mol. The number of carbonyl (C=O) groups is 2. The molecule has 24 heavy (non-hydrogen) atoms. The maximum atomic E-state index is 12.1. The maximum absolute atomic E-state index is 12.1. The number of hydrogen-bond donors (Lipinski definition) is 3. The van der Waals surface area contributed by atoms with Crippen LogP contribution in [0.3, 0.4) is 0 Å². The number of imidazole rings is 1. The Labute approximate surface area is 137 Å². The Balaban J connectivity index is 1.85. The number of aromatic carboxylic acids is 1. The maximum Gasteiger partial charge on any atom is 0.337 e. The van der Waals surface area contributed by atoms with E-state index in [1.165, 1.54) is 12.4 Å². The Kier molecular flexibility index (Phi) is 3.91. The van der Waals surface area contributed by atoms with Crippen LogP contribution < -0.4 is 10.6 Å². The second-order valence-corrected chi connectivity index (χ2v) is 5.50. The molecule has 0 aliphatic heterocycles. The summed E-state index contributed by atoms with van der Waals surface area (Å²) in [4.78, 5) is 27.7. The van der Waals surface area contributed by atoms with E-state index in [2.05, 4.69) is 15.6 Å². The molecule has 1 heterocycles. The zero-order valence-electron chi connectivity index (χ0n) is 13.2. The average Bonchev–Trinajstić information content (AvgIpc) is 2.90. The van der Waals surface area contributed by atoms with Crippen molar-refractivity contribution in [3.8, 4) is 0 Å². The molecule has 0 fully saturated rings. The number of carboxylic acid groups (broad SMARTS) is 1. The van der Waals surface area contributed by atoms with Gasteiger partial charge in [-0.1, -0.05) is 17.7 Å². The van der Waals surface area contributed by atoms with Crippen LogP contribution in [-0.2, 0) is 7.05 Å². The van der Waals surface area contributed by atoms with E-state index in [9.17, 15) is 14.7 Å². The van der Waals surface area contributed by atoms with Crippen molar-refractivity contribution in [1.29, 1.82) is 0 Å². The number of carboxylic acids is 1. The van der Waals surface area contributed by atoms with Crippen molar-refractivity contribution in [3.05, 3.63) is 53.9 Å². The zero-order valence-corrected chi connectivity index (χ0v) is 13.2. The molecule has 0 saturated carbocycles. The van der Waals surface area contributed by atoms with Crippen LogP contribution in [0.2, 0.25) is 0 Å². The minimum atomic E-state index is -1.08. The summed E-state index contributed by atoms with van der Waals surface area (Å²) in [6.45, 7) is 1.96. The van der Waals surface area contributed by atoms with Gasteiger partial charge in [-0.15, -0.1) is 0 Å². The fraction of sp³-hybridized carbons (Fsp3) is 0.118. The summed E-state index contributed by atoms with van der Waals surface area (Å²) in [6, 6.07) is 9.96. The van der Waals surface area contributed by atoms with Gasteiger partial charge in [0.25, 0.3) is 0 Å². The van der Waals surface area contributed by atoms with E-state index in [0.29, 0.717) is 22.4 Å². The lowest BCUT2D eigenvalue weighted by Crippen LogP contribution is -2.19. The summed E-state index contributed by atoms with van der Waals surface area (Å²) in [5.74, 6) is -1.08. The van der Waals surface area contributed by atoms with Crippen molar-refractivity contribution in [2.75, 3.05) is 10.6 Å². The van der Waals surface area contributed by atoms with Crippen molar-refractivity contribution in [1.82, 2.24) is 9.55 Å². The van der Waals surface area contributed by atoms with Crippen molar-refractivity contribution in [3.63, 3.8) is 0 Å². The van der Waals surface area contributed by atoms with E-state index in [1.807, 2.05) is 19.1 Å². The van der Waals surface area contributed by atoms with E-state index >= 15 is 0 Å². The van der Waals surface area contributed by atoms with E-state index in [4.69, 9.17) is 0 Å². The molecule has 2 aromatic carbocycles. The van der Waals surface area contributed by atoms with E-state index in [0.717, 1.165) is 5.56 Å². The first kappa shape index (κ1) is 15.5. The Morgan fingerprint density at radius 2 is 1.75 bits per heavy atom. The van der Waals surface area contributed by atoms with Gasteiger partial charge in [-0.05, 0) is 31.2 Å². The number of benzene rings is 2. The third kappa shape index (κ3) is 3.05. The van der Waals surface area contributed by atoms with Crippen molar-refractivity contribution in [2.45, 2.75) is 6.92 Å². The van der Waals surface area contributed by atoms with Gasteiger partial charge in [-0.3, -0.25) is 0 Å². The quantitative estimate of drug-likeness (QED) is 0.689. The molecule has 3 N–H and O–H groups in total. The highest BCUT2D eigenvalue weighted by atomic mass is 16.4. The molecule has 1 aromatic heterocycles. The van der Waals surface area contributed by atoms with Gasteiger partial charge < -0.3 is 20.3 Å². The minimum Gasteiger partial charge on any atom is -0.478 e. The summed E-state index contributed by atoms with van der Waals surface area (Å²) < 4.78 is 1.63. The number of anilines is 2. The van der Waals surface area contributed by atoms with Gasteiger partial charge in [0, 0.05) is 18.4 Å². The number of urea groups is 1. The molecule has 3 aromatic rings. The summed E-state index contributed by atoms with van der Waals surface area (Å²) in [7, 11) is 1.72. The van der Waals surface area contributed by atoms with Crippen LogP contribution in [-0.4, -0.2) is 26.7 Å². The number of aryl methyl sites for hydroxylation is 2. The number of fused-ring (bicyclic) bond motifs is 1. The molecule has 0 unspecified atom stereocenters. The molecule has 0 radical (unpaired) electrons. The molecule has 0 bridgehead atoms. The number of rotatable bonds is 3. The van der Waals surface area contributed by atoms with Crippen LogP contribution >= 0.6 is 0 Å². The molecule has 0 saturated heterocycles. The van der Waals surface area contributed by atoms with Gasteiger partial charge in [0.05, 0.1) is 22.9 Å². The lowest BCUT2D eigenvalue weighted by Gasteiger charge is -2.09. The molecule has 0 aliphatic rings. The van der Waals surface area contributed by atoms with Crippen LogP contribution in [0.4, 0.5) is 16.2 Å². The van der Waals surface area contributed by atoms with Crippen LogP contribution in [0.25, 0.3) is 11.0 Å². The molecule has 0 aliphatic carbocycles. The summed E-state index contributed by atoms with van der Waals surface area (Å²) in [5.41, 5.74) is 3.19. The molecule has 122 valence electrons. The Morgan fingerprint density at radius 3 is 2.42 bits per heavy atom. The highest BCUT2D eigenvalue weighted by Gasteiger charge is 2.15. The average molecular weight is 324 g/mol. The number of aromatic nitrogens is 2. The first-order chi connectivity index (χ1) is 11.4. The molecular formula is C17H16N4O3. The number of hydrogen-bond acceptors (Lipinski definition) is 3. The SMILES string of the molecule is Cc1ccc(NC(=O)Nc2cc(C(=O)O)c3c(c2)ncn3C)cc1. The summed E-state index contributed by atoms with van der Waals surface area (Å²) in [6.07, 6.45) is 1.53. The lowest BCUT2D eigenvalue weighted by molar-refractivity contribution is 0.0698. The topological polar surface area (TPSA) is 96.2 Å². The van der Waals surface area contributed by atoms with Crippen molar-refractivity contribution in [2.24, 2.45) is 7.05 Å². The van der Waals surface area contributed by atoms with Crippen LogP contribution in [0.15, 0.2) is 42.7 Å². The van der Waals surface area contributed by atoms with Crippen LogP contribution in [0.1, 0.15) is 15.9 Å². The van der Waals surface area contributed by atoms with E-state index in [-0.39, 0.29) is 5.56 Å². The number of nitrogens with one attached hydrogen (secondary N) is 2. The second-order valence-electron chi connectivity index (χ2n) is 5.50. The van der Waals surface area contributed by atoms with Gasteiger partial charge in [-0.2, -0.15) is 0 Å². The minimum absolute atomic E-state index is 0.0816. The van der Waals surface area contributed by atoms with Gasteiger partial charge in [0.15, 0.2) is 0 Å². The number of carbonyl (C=O) groups excluding carboxylic acids is 1. The smallest absolute Gasteiger partial charge is 0.337 e. The molecule has 3 rings (SSSR count). The Hall–Kier alpha value is -3.35. The third-order valence-corrected chi connectivity index (χ3v) is 3.61. The molecule has 7 heteroatoms. The standard InChI is InChI=1S/C17H16N4O3/c1-10-3-5-11(6-4-10)19-17(24)20-12-7-13(16(22)23)15-14(8-12)18-9-21(15)2/h3-9H,1-2H3,(H,22,23)(H2,19,20,24). The van der Waals surface area contributed by atoms with Crippen LogP contribution in [0.5, 0.6) is 0 Å². The van der Waals surface area contributed by atoms with Gasteiger partial charge in [0.2, 0.25) is 0 Å². The van der Waals surface area contributed by atoms with E-state index < -0.39 is 12.0 Å². The Morgan fingerprint density at radius 1 is 1.08 bits per heavy atom. The third-order valence-electron chi connectivity index (χ3n) is 3.61. The number of amides is 2. The largest absolute Gasteiger partial charge is 0.478 e. The summed E-state index contributed by atoms with van der Waals surface area (Å²) >= 11 is 0. The van der Waals surface area contributed by atoms with E-state index in [1.54, 1.807) is 29.8 Å². The van der Waals surface area contributed by atoms with Crippen molar-refractivity contribution >= 4 is 34.4 Å². The number of nitrogens with zero attached hydrogens (tertiary/aromatic N) is 2. The lowest BCUT2D eigenvalue weighted by atomic mass is 10.1. The Bertz CT molecular complexity index is 929. The fourth-order valence-electron chi connectivity index (χ4n) is 2.46. The second kappa shape index (κ2) is 6.04. The highest BCUT2D eigenvalue weighted by molar-refractivity contribution is 6.06.